The molecule has 5 nitrogen and oxygen atoms in total. The van der Waals surface area contributed by atoms with Gasteiger partial charge in [0.15, 0.2) is 0 Å². The molecule has 5 aromatic heterocycles. The fraction of sp³-hybridized carbons (Fsp3) is 0.125. The molecule has 0 saturated heterocycles. The first kappa shape index (κ1) is 36.5. The van der Waals surface area contributed by atoms with Crippen LogP contribution in [0.5, 0.6) is 0 Å². The summed E-state index contributed by atoms with van der Waals surface area (Å²) < 4.78 is 6.19. The van der Waals surface area contributed by atoms with E-state index in [-0.39, 0.29) is 20.1 Å². The van der Waals surface area contributed by atoms with Crippen molar-refractivity contribution < 1.29 is 24.5 Å². The van der Waals surface area contributed by atoms with E-state index in [2.05, 4.69) is 134 Å². The van der Waals surface area contributed by atoms with Gasteiger partial charge >= 0.3 is 0 Å². The molecular weight excluding hydrogens is 841 g/mol. The van der Waals surface area contributed by atoms with Crippen LogP contribution >= 0.6 is 0 Å². The van der Waals surface area contributed by atoms with Crippen molar-refractivity contribution in [3.63, 3.8) is 0 Å². The predicted octanol–water partition coefficient (Wildman–Crippen LogP) is 12.1. The quantitative estimate of drug-likeness (QED) is 0.165. The fourth-order valence-corrected chi connectivity index (χ4v) is 6.86. The van der Waals surface area contributed by atoms with Gasteiger partial charge in [0, 0.05) is 55.2 Å². The normalized spacial score (nSPS) is 11.0. The van der Waals surface area contributed by atoms with Gasteiger partial charge in [0.25, 0.3) is 0 Å². The van der Waals surface area contributed by atoms with E-state index in [9.17, 15) is 0 Å². The summed E-state index contributed by atoms with van der Waals surface area (Å²) in [5, 5.41) is 3.19. The third kappa shape index (κ3) is 6.99. The monoisotopic (exact) mass is 879 g/mol. The summed E-state index contributed by atoms with van der Waals surface area (Å²) >= 11 is 0. The first-order valence-electron chi connectivity index (χ1n) is 17.8. The van der Waals surface area contributed by atoms with Gasteiger partial charge in [0.2, 0.25) is 5.71 Å². The van der Waals surface area contributed by atoms with Crippen molar-refractivity contribution in [2.75, 3.05) is 0 Å². The Kier molecular flexibility index (Phi) is 10.3. The van der Waals surface area contributed by atoms with E-state index in [1.54, 1.807) is 0 Å². The summed E-state index contributed by atoms with van der Waals surface area (Å²) in [5.41, 5.74) is 17.9. The van der Waals surface area contributed by atoms with Crippen LogP contribution in [0.3, 0.4) is 0 Å². The zero-order chi connectivity index (χ0) is 36.6. The molecule has 267 valence electrons. The van der Waals surface area contributed by atoms with E-state index < -0.39 is 0 Å². The largest absolute Gasteiger partial charge is 0.486 e. The third-order valence-corrected chi connectivity index (χ3v) is 10.0. The number of furan rings is 1. The minimum Gasteiger partial charge on any atom is -0.486 e. The Balaban J connectivity index is 0.000000178. The Bertz CT molecular complexity index is 2810. The van der Waals surface area contributed by atoms with Crippen molar-refractivity contribution in [1.29, 1.82) is 0 Å². The molecule has 9 aromatic rings. The number of hydrogen-bond acceptors (Lipinski definition) is 5. The third-order valence-electron chi connectivity index (χ3n) is 10.0. The minimum atomic E-state index is 0. The van der Waals surface area contributed by atoms with Gasteiger partial charge in [-0.2, -0.15) is 0 Å². The van der Waals surface area contributed by atoms with E-state index in [1.165, 1.54) is 38.9 Å². The smallest absolute Gasteiger partial charge is 0.216 e. The molecule has 0 unspecified atom stereocenters. The molecule has 0 fully saturated rings. The van der Waals surface area contributed by atoms with Crippen LogP contribution in [0.1, 0.15) is 33.5 Å². The molecule has 0 amide bonds. The molecule has 0 aliphatic heterocycles. The van der Waals surface area contributed by atoms with Crippen molar-refractivity contribution in [2.45, 2.75) is 41.5 Å². The van der Waals surface area contributed by atoms with Gasteiger partial charge in [-0.25, -0.2) is 4.98 Å². The SMILES string of the molecule is Cc1ccc2c(n1)oc1c(-c3cc(-c4ccc5ncccc5c4C)c(C)cn3)[c-]ccc12.Cc1cnc(-c2[c-]cc(C)c(-c3ccccc3)c2)cc1C.[Ir]. The second-order valence-electron chi connectivity index (χ2n) is 13.7. The molecule has 4 aromatic carbocycles. The Morgan fingerprint density at radius 2 is 1.37 bits per heavy atom. The Morgan fingerprint density at radius 3 is 2.19 bits per heavy atom. The average molecular weight is 879 g/mol. The molecule has 0 bridgehead atoms. The van der Waals surface area contributed by atoms with Gasteiger partial charge in [-0.3, -0.25) is 4.98 Å². The van der Waals surface area contributed by atoms with Gasteiger partial charge in [-0.05, 0) is 104 Å². The molecule has 0 N–H and O–H groups in total. The molecule has 6 heteroatoms. The minimum absolute atomic E-state index is 0. The zero-order valence-electron chi connectivity index (χ0n) is 31.1. The second-order valence-corrected chi connectivity index (χ2v) is 13.7. The van der Waals surface area contributed by atoms with Crippen LogP contribution in [0.4, 0.5) is 0 Å². The summed E-state index contributed by atoms with van der Waals surface area (Å²) in [6, 6.07) is 42.0. The maximum Gasteiger partial charge on any atom is 0.216 e. The van der Waals surface area contributed by atoms with Crippen LogP contribution in [-0.2, 0) is 20.1 Å². The van der Waals surface area contributed by atoms with Crippen LogP contribution in [0, 0.1) is 53.7 Å². The summed E-state index contributed by atoms with van der Waals surface area (Å²) in [4.78, 5) is 18.3. The molecule has 0 atom stereocenters. The number of rotatable bonds is 4. The topological polar surface area (TPSA) is 64.7 Å². The van der Waals surface area contributed by atoms with Gasteiger partial charge in [0.05, 0.1) is 11.1 Å². The molecule has 0 aliphatic carbocycles. The molecule has 9 rings (SSSR count). The number of benzene rings is 4. The molecule has 0 aliphatic rings. The summed E-state index contributed by atoms with van der Waals surface area (Å²) in [5.74, 6) is 0. The summed E-state index contributed by atoms with van der Waals surface area (Å²) in [6.07, 6.45) is 5.69. The first-order chi connectivity index (χ1) is 25.7. The molecule has 5 heterocycles. The van der Waals surface area contributed by atoms with Crippen LogP contribution in [-0.4, -0.2) is 19.9 Å². The molecule has 1 radical (unpaired) electrons. The average Bonchev–Trinajstić information content (AvgIpc) is 3.55. The predicted molar refractivity (Wildman–Crippen MR) is 217 cm³/mol. The molecule has 54 heavy (non-hydrogen) atoms. The van der Waals surface area contributed by atoms with Gasteiger partial charge in [-0.15, -0.1) is 47.5 Å². The number of aryl methyl sites for hydroxylation is 6. The fourth-order valence-electron chi connectivity index (χ4n) is 6.86. The van der Waals surface area contributed by atoms with Crippen molar-refractivity contribution in [2.24, 2.45) is 0 Å². The van der Waals surface area contributed by atoms with Gasteiger partial charge in [-0.1, -0.05) is 83.6 Å². The summed E-state index contributed by atoms with van der Waals surface area (Å²) in [6.45, 7) is 12.5. The van der Waals surface area contributed by atoms with E-state index in [0.717, 1.165) is 66.6 Å². The van der Waals surface area contributed by atoms with Gasteiger partial charge < -0.3 is 14.4 Å². The maximum atomic E-state index is 6.19. The summed E-state index contributed by atoms with van der Waals surface area (Å²) in [7, 11) is 0. The maximum absolute atomic E-state index is 6.19. The Labute approximate surface area is 329 Å². The van der Waals surface area contributed by atoms with Crippen LogP contribution in [0.15, 0.2) is 126 Å². The van der Waals surface area contributed by atoms with Crippen molar-refractivity contribution in [3.8, 4) is 44.8 Å². The van der Waals surface area contributed by atoms with Crippen molar-refractivity contribution >= 4 is 33.0 Å². The van der Waals surface area contributed by atoms with E-state index in [1.807, 2.05) is 55.8 Å². The molecule has 0 saturated carbocycles. The number of hydrogen-bond donors (Lipinski definition) is 0. The van der Waals surface area contributed by atoms with Gasteiger partial charge in [0.1, 0.15) is 0 Å². The van der Waals surface area contributed by atoms with E-state index >= 15 is 0 Å². The van der Waals surface area contributed by atoms with Crippen molar-refractivity contribution in [3.05, 3.63) is 167 Å². The van der Waals surface area contributed by atoms with Crippen LogP contribution < -0.4 is 0 Å². The zero-order valence-corrected chi connectivity index (χ0v) is 33.5. The molecule has 0 spiro atoms. The van der Waals surface area contributed by atoms with Crippen LogP contribution in [0.2, 0.25) is 0 Å². The Hall–Kier alpha value is -5.81. The van der Waals surface area contributed by atoms with E-state index in [4.69, 9.17) is 9.40 Å². The Morgan fingerprint density at radius 1 is 0.574 bits per heavy atom. The number of pyridine rings is 4. The van der Waals surface area contributed by atoms with E-state index in [0.29, 0.717) is 5.71 Å². The number of nitrogens with zero attached hydrogens (tertiary/aromatic N) is 4. The van der Waals surface area contributed by atoms with Crippen LogP contribution in [0.25, 0.3) is 77.7 Å². The second kappa shape index (κ2) is 15.3. The number of fused-ring (bicyclic) bond motifs is 4. The first-order valence-corrected chi connectivity index (χ1v) is 17.8. The van der Waals surface area contributed by atoms with Crippen molar-refractivity contribution in [1.82, 2.24) is 19.9 Å². The standard InChI is InChI=1S/C28H20N3O.C20H18N.Ir/c1-16-15-30-26(14-24(16)19-11-12-25-20(18(19)3)8-5-13-29-25)23-7-4-6-21-22-10-9-17(2)31-28(22)32-27(21)23;1-14-9-10-18(20-11-15(2)16(3)13-21-20)12-19(14)17-7-5-4-6-8-17;/h4-6,8-15H,1-3H3;4-9,11-13H,1-3H3;/q2*-1;. The molecular formula is C48H38IrN4O-2. The number of aromatic nitrogens is 4.